The van der Waals surface area contributed by atoms with Gasteiger partial charge in [-0.3, -0.25) is 4.79 Å². The quantitative estimate of drug-likeness (QED) is 0.777. The summed E-state index contributed by atoms with van der Waals surface area (Å²) in [6.45, 7) is 4.03. The summed E-state index contributed by atoms with van der Waals surface area (Å²) in [5.74, 6) is -0.675. The van der Waals surface area contributed by atoms with Gasteiger partial charge in [-0.15, -0.1) is 0 Å². The second-order valence-corrected chi connectivity index (χ2v) is 4.13. The Kier molecular flexibility index (Phi) is 1.88. The summed E-state index contributed by atoms with van der Waals surface area (Å²) in [6, 6.07) is 5.92. The van der Waals surface area contributed by atoms with E-state index in [1.807, 2.05) is 32.0 Å². The second-order valence-electron chi connectivity index (χ2n) is 4.13. The van der Waals surface area contributed by atoms with E-state index in [1.54, 1.807) is 0 Å². The Morgan fingerprint density at radius 3 is 2.50 bits per heavy atom. The third-order valence-corrected chi connectivity index (χ3v) is 3.28. The minimum Gasteiger partial charge on any atom is -0.481 e. The Bertz CT molecular complexity index is 389. The molecule has 0 amide bonds. The predicted molar refractivity (Wildman–Crippen MR) is 54.5 cm³/mol. The molecule has 0 radical (unpaired) electrons. The van der Waals surface area contributed by atoms with Crippen molar-refractivity contribution in [1.82, 2.24) is 0 Å². The molecule has 1 aromatic carbocycles. The van der Waals surface area contributed by atoms with Crippen molar-refractivity contribution >= 4 is 5.97 Å². The van der Waals surface area contributed by atoms with E-state index in [-0.39, 0.29) is 0 Å². The highest BCUT2D eigenvalue weighted by atomic mass is 16.4. The minimum absolute atomic E-state index is 0.559. The molecule has 0 unspecified atom stereocenters. The van der Waals surface area contributed by atoms with Crippen LogP contribution in [0.3, 0.4) is 0 Å². The van der Waals surface area contributed by atoms with E-state index in [0.717, 1.165) is 24.0 Å². The maximum atomic E-state index is 11.1. The number of carboxylic acids is 1. The largest absolute Gasteiger partial charge is 0.481 e. The number of carboxylic acid groups (broad SMARTS) is 1. The number of hydrogen-bond donors (Lipinski definition) is 1. The van der Waals surface area contributed by atoms with E-state index in [2.05, 4.69) is 0 Å². The fourth-order valence-corrected chi connectivity index (χ4v) is 1.99. The number of benzene rings is 1. The van der Waals surface area contributed by atoms with E-state index in [0.29, 0.717) is 0 Å². The summed E-state index contributed by atoms with van der Waals surface area (Å²) in [5, 5.41) is 9.17. The van der Waals surface area contributed by atoms with Crippen LogP contribution in [0.5, 0.6) is 0 Å². The molecule has 0 aliphatic heterocycles. The average Bonchev–Trinajstić information content (AvgIpc) is 2.90. The molecule has 0 bridgehead atoms. The summed E-state index contributed by atoms with van der Waals surface area (Å²) in [5.41, 5.74) is 2.75. The molecule has 1 aliphatic carbocycles. The van der Waals surface area contributed by atoms with Crippen LogP contribution in [0, 0.1) is 13.8 Å². The van der Waals surface area contributed by atoms with Crippen LogP contribution in [0.1, 0.15) is 29.5 Å². The molecule has 74 valence electrons. The Balaban J connectivity index is 2.52. The molecule has 0 heterocycles. The van der Waals surface area contributed by atoms with Crippen LogP contribution in [0.2, 0.25) is 0 Å². The Labute approximate surface area is 83.6 Å². The van der Waals surface area contributed by atoms with Gasteiger partial charge in [0.2, 0.25) is 0 Å². The van der Waals surface area contributed by atoms with Crippen molar-refractivity contribution in [2.75, 3.05) is 0 Å². The summed E-state index contributed by atoms with van der Waals surface area (Å²) in [7, 11) is 0. The third kappa shape index (κ3) is 1.14. The van der Waals surface area contributed by atoms with Crippen molar-refractivity contribution < 1.29 is 9.90 Å². The van der Waals surface area contributed by atoms with Crippen LogP contribution in [0.15, 0.2) is 18.2 Å². The molecule has 14 heavy (non-hydrogen) atoms. The molecule has 1 aliphatic rings. The molecule has 0 aromatic heterocycles. The molecular weight excluding hydrogens is 176 g/mol. The molecule has 2 heteroatoms. The van der Waals surface area contributed by atoms with Crippen molar-refractivity contribution in [3.05, 3.63) is 34.9 Å². The zero-order valence-electron chi connectivity index (χ0n) is 8.50. The Morgan fingerprint density at radius 1 is 1.36 bits per heavy atom. The summed E-state index contributed by atoms with van der Waals surface area (Å²) in [4.78, 5) is 11.1. The molecule has 0 spiro atoms. The van der Waals surface area contributed by atoms with Crippen LogP contribution in [-0.2, 0) is 10.2 Å². The molecule has 0 atom stereocenters. The summed E-state index contributed by atoms with van der Waals surface area (Å²) < 4.78 is 0. The predicted octanol–water partition coefficient (Wildman–Crippen LogP) is 2.42. The second kappa shape index (κ2) is 2.84. The maximum Gasteiger partial charge on any atom is 0.314 e. The fourth-order valence-electron chi connectivity index (χ4n) is 1.99. The smallest absolute Gasteiger partial charge is 0.314 e. The van der Waals surface area contributed by atoms with Crippen molar-refractivity contribution in [3.8, 4) is 0 Å². The molecular formula is C12H14O2. The SMILES string of the molecule is Cc1cccc(C2(C(=O)O)CC2)c1C. The molecule has 1 aromatic rings. The molecule has 1 fully saturated rings. The average molecular weight is 190 g/mol. The van der Waals surface area contributed by atoms with Gasteiger partial charge in [0, 0.05) is 0 Å². The summed E-state index contributed by atoms with van der Waals surface area (Å²) in [6.07, 6.45) is 1.57. The number of aliphatic carboxylic acids is 1. The number of aryl methyl sites for hydroxylation is 1. The van der Waals surface area contributed by atoms with E-state index < -0.39 is 11.4 Å². The van der Waals surface area contributed by atoms with Gasteiger partial charge in [-0.2, -0.15) is 0 Å². The van der Waals surface area contributed by atoms with Gasteiger partial charge in [0.05, 0.1) is 5.41 Å². The lowest BCUT2D eigenvalue weighted by Crippen LogP contribution is -2.20. The molecule has 2 rings (SSSR count). The third-order valence-electron chi connectivity index (χ3n) is 3.28. The summed E-state index contributed by atoms with van der Waals surface area (Å²) >= 11 is 0. The number of rotatable bonds is 2. The topological polar surface area (TPSA) is 37.3 Å². The van der Waals surface area contributed by atoms with Crippen LogP contribution < -0.4 is 0 Å². The Morgan fingerprint density at radius 2 is 2.00 bits per heavy atom. The maximum absolute atomic E-state index is 11.1. The number of hydrogen-bond acceptors (Lipinski definition) is 1. The van der Waals surface area contributed by atoms with Crippen molar-refractivity contribution in [1.29, 1.82) is 0 Å². The van der Waals surface area contributed by atoms with Crippen LogP contribution in [0.25, 0.3) is 0 Å². The standard InChI is InChI=1S/C12H14O2/c1-8-4-3-5-10(9(8)2)12(6-7-12)11(13)14/h3-5H,6-7H2,1-2H3,(H,13,14). The van der Waals surface area contributed by atoms with Gasteiger partial charge in [-0.1, -0.05) is 18.2 Å². The highest BCUT2D eigenvalue weighted by Crippen LogP contribution is 2.49. The van der Waals surface area contributed by atoms with Crippen molar-refractivity contribution in [2.45, 2.75) is 32.1 Å². The van der Waals surface area contributed by atoms with Crippen LogP contribution in [0.4, 0.5) is 0 Å². The van der Waals surface area contributed by atoms with Gasteiger partial charge in [0.15, 0.2) is 0 Å². The lowest BCUT2D eigenvalue weighted by atomic mass is 9.90. The van der Waals surface area contributed by atoms with Gasteiger partial charge >= 0.3 is 5.97 Å². The molecule has 0 saturated heterocycles. The minimum atomic E-state index is -0.675. The molecule has 1 N–H and O–H groups in total. The normalized spacial score (nSPS) is 17.9. The van der Waals surface area contributed by atoms with Crippen LogP contribution >= 0.6 is 0 Å². The number of carbonyl (C=O) groups is 1. The van der Waals surface area contributed by atoms with E-state index in [4.69, 9.17) is 0 Å². The van der Waals surface area contributed by atoms with E-state index >= 15 is 0 Å². The monoisotopic (exact) mass is 190 g/mol. The first-order valence-corrected chi connectivity index (χ1v) is 4.88. The zero-order chi connectivity index (χ0) is 10.3. The van der Waals surface area contributed by atoms with Crippen molar-refractivity contribution in [2.24, 2.45) is 0 Å². The fraction of sp³-hybridized carbons (Fsp3) is 0.417. The lowest BCUT2D eigenvalue weighted by molar-refractivity contribution is -0.140. The first-order chi connectivity index (χ1) is 6.58. The van der Waals surface area contributed by atoms with Gasteiger partial charge < -0.3 is 5.11 Å². The van der Waals surface area contributed by atoms with Gasteiger partial charge in [-0.05, 0) is 43.4 Å². The molecule has 2 nitrogen and oxygen atoms in total. The van der Waals surface area contributed by atoms with E-state index in [9.17, 15) is 9.90 Å². The molecule has 1 saturated carbocycles. The Hall–Kier alpha value is -1.31. The lowest BCUT2D eigenvalue weighted by Gasteiger charge is -2.14. The van der Waals surface area contributed by atoms with Gasteiger partial charge in [0.25, 0.3) is 0 Å². The van der Waals surface area contributed by atoms with Gasteiger partial charge in [-0.25, -0.2) is 0 Å². The van der Waals surface area contributed by atoms with Crippen LogP contribution in [-0.4, -0.2) is 11.1 Å². The highest BCUT2D eigenvalue weighted by Gasteiger charge is 2.52. The van der Waals surface area contributed by atoms with Gasteiger partial charge in [0.1, 0.15) is 0 Å². The first-order valence-electron chi connectivity index (χ1n) is 4.88. The first kappa shape index (κ1) is 9.25. The zero-order valence-corrected chi connectivity index (χ0v) is 8.50. The highest BCUT2D eigenvalue weighted by molar-refractivity contribution is 5.85. The van der Waals surface area contributed by atoms with Crippen molar-refractivity contribution in [3.63, 3.8) is 0 Å². The van der Waals surface area contributed by atoms with E-state index in [1.165, 1.54) is 5.56 Å².